The van der Waals surface area contributed by atoms with Crippen molar-refractivity contribution < 1.29 is 9.31 Å². The second-order valence-corrected chi connectivity index (χ2v) is 9.37. The lowest BCUT2D eigenvalue weighted by molar-refractivity contribution is 0.00578. The van der Waals surface area contributed by atoms with Gasteiger partial charge in [-0.25, -0.2) is 9.97 Å². The van der Waals surface area contributed by atoms with Crippen LogP contribution in [0.3, 0.4) is 0 Å². The molecule has 3 aromatic carbocycles. The molecule has 1 aliphatic rings. The molecular weight excluding hydrogens is 407 g/mol. The van der Waals surface area contributed by atoms with Crippen molar-refractivity contribution in [2.45, 2.75) is 38.9 Å². The maximum absolute atomic E-state index is 6.38. The lowest BCUT2D eigenvalue weighted by atomic mass is 9.75. The molecule has 1 aliphatic heterocycles. The summed E-state index contributed by atoms with van der Waals surface area (Å²) in [4.78, 5) is 9.88. The van der Waals surface area contributed by atoms with Crippen LogP contribution in [0.5, 0.6) is 0 Å². The van der Waals surface area contributed by atoms with E-state index in [2.05, 4.69) is 52.0 Å². The van der Waals surface area contributed by atoms with E-state index in [0.29, 0.717) is 5.82 Å². The standard InChI is InChI=1S/C28H27BN2O2/c1-27(2)28(3,4)33-29(32-27)23-18-12-11-17-22(23)25-19-24(20-13-7-5-8-14-20)30-26(31-25)21-15-9-6-10-16-21/h5-19H,1-4H3. The van der Waals surface area contributed by atoms with Crippen LogP contribution in [-0.2, 0) is 9.31 Å². The van der Waals surface area contributed by atoms with E-state index < -0.39 is 18.3 Å². The molecule has 2 heterocycles. The van der Waals surface area contributed by atoms with Crippen molar-refractivity contribution in [1.29, 1.82) is 0 Å². The largest absolute Gasteiger partial charge is 0.495 e. The van der Waals surface area contributed by atoms with Gasteiger partial charge < -0.3 is 9.31 Å². The van der Waals surface area contributed by atoms with Gasteiger partial charge in [-0.3, -0.25) is 0 Å². The van der Waals surface area contributed by atoms with Gasteiger partial charge >= 0.3 is 7.12 Å². The van der Waals surface area contributed by atoms with Crippen molar-refractivity contribution in [2.75, 3.05) is 0 Å². The average molecular weight is 434 g/mol. The van der Waals surface area contributed by atoms with E-state index in [1.807, 2.05) is 66.7 Å². The van der Waals surface area contributed by atoms with Crippen LogP contribution in [0, 0.1) is 0 Å². The number of nitrogens with zero attached hydrogens (tertiary/aromatic N) is 2. The predicted molar refractivity (Wildman–Crippen MR) is 134 cm³/mol. The highest BCUT2D eigenvalue weighted by Crippen LogP contribution is 2.37. The third-order valence-electron chi connectivity index (χ3n) is 6.57. The summed E-state index contributed by atoms with van der Waals surface area (Å²) in [5, 5.41) is 0. The van der Waals surface area contributed by atoms with E-state index in [1.165, 1.54) is 0 Å². The quantitative estimate of drug-likeness (QED) is 0.382. The highest BCUT2D eigenvalue weighted by atomic mass is 16.7. The minimum Gasteiger partial charge on any atom is -0.399 e. The maximum Gasteiger partial charge on any atom is 0.495 e. The van der Waals surface area contributed by atoms with E-state index >= 15 is 0 Å². The fourth-order valence-corrected chi connectivity index (χ4v) is 3.96. The van der Waals surface area contributed by atoms with Gasteiger partial charge in [0.15, 0.2) is 5.82 Å². The van der Waals surface area contributed by atoms with Crippen LogP contribution in [-0.4, -0.2) is 28.3 Å². The second-order valence-electron chi connectivity index (χ2n) is 9.37. The van der Waals surface area contributed by atoms with Gasteiger partial charge in [0, 0.05) is 16.7 Å². The maximum atomic E-state index is 6.38. The Morgan fingerprint density at radius 3 is 1.76 bits per heavy atom. The Morgan fingerprint density at radius 1 is 0.606 bits per heavy atom. The van der Waals surface area contributed by atoms with Gasteiger partial charge in [-0.05, 0) is 39.2 Å². The molecule has 0 spiro atoms. The monoisotopic (exact) mass is 434 g/mol. The van der Waals surface area contributed by atoms with E-state index in [1.54, 1.807) is 0 Å². The first-order valence-corrected chi connectivity index (χ1v) is 11.3. The number of rotatable bonds is 4. The first kappa shape index (κ1) is 21.6. The molecule has 1 saturated heterocycles. The third-order valence-corrected chi connectivity index (χ3v) is 6.57. The Balaban J connectivity index is 1.66. The summed E-state index contributed by atoms with van der Waals surface area (Å²) in [7, 11) is -0.471. The summed E-state index contributed by atoms with van der Waals surface area (Å²) >= 11 is 0. The number of aromatic nitrogens is 2. The fourth-order valence-electron chi connectivity index (χ4n) is 3.96. The van der Waals surface area contributed by atoms with Crippen molar-refractivity contribution in [3.63, 3.8) is 0 Å². The zero-order chi connectivity index (χ0) is 23.1. The Hall–Kier alpha value is -3.28. The lowest BCUT2D eigenvalue weighted by Crippen LogP contribution is -2.41. The predicted octanol–water partition coefficient (Wildman–Crippen LogP) is 5.78. The van der Waals surface area contributed by atoms with Gasteiger partial charge in [0.1, 0.15) is 0 Å². The summed E-state index contributed by atoms with van der Waals surface area (Å²) in [5.41, 5.74) is 4.86. The van der Waals surface area contributed by atoms with E-state index in [4.69, 9.17) is 19.3 Å². The van der Waals surface area contributed by atoms with Gasteiger partial charge in [0.2, 0.25) is 0 Å². The molecule has 0 aliphatic carbocycles. The van der Waals surface area contributed by atoms with Crippen LogP contribution in [0.4, 0.5) is 0 Å². The van der Waals surface area contributed by atoms with Crippen molar-refractivity contribution in [1.82, 2.24) is 9.97 Å². The molecule has 5 heteroatoms. The van der Waals surface area contributed by atoms with Gasteiger partial charge in [0.25, 0.3) is 0 Å². The van der Waals surface area contributed by atoms with Crippen LogP contribution >= 0.6 is 0 Å². The molecule has 4 nitrogen and oxygen atoms in total. The highest BCUT2D eigenvalue weighted by Gasteiger charge is 2.52. The van der Waals surface area contributed by atoms with Crippen molar-refractivity contribution in [2.24, 2.45) is 0 Å². The van der Waals surface area contributed by atoms with E-state index in [-0.39, 0.29) is 0 Å². The summed E-state index contributed by atoms with van der Waals surface area (Å²) in [6.45, 7) is 8.28. The molecule has 1 aromatic heterocycles. The molecule has 33 heavy (non-hydrogen) atoms. The Bertz CT molecular complexity index is 1200. The molecule has 0 bridgehead atoms. The Kier molecular flexibility index (Phi) is 5.39. The first-order chi connectivity index (χ1) is 15.8. The number of hydrogen-bond acceptors (Lipinski definition) is 4. The molecule has 1 fully saturated rings. The van der Waals surface area contributed by atoms with Crippen LogP contribution in [0.1, 0.15) is 27.7 Å². The van der Waals surface area contributed by atoms with Gasteiger partial charge in [-0.15, -0.1) is 0 Å². The smallest absolute Gasteiger partial charge is 0.399 e. The lowest BCUT2D eigenvalue weighted by Gasteiger charge is -2.32. The topological polar surface area (TPSA) is 44.2 Å². The highest BCUT2D eigenvalue weighted by molar-refractivity contribution is 6.63. The molecule has 5 rings (SSSR count). The average Bonchev–Trinajstić information content (AvgIpc) is 3.06. The van der Waals surface area contributed by atoms with E-state index in [9.17, 15) is 0 Å². The zero-order valence-electron chi connectivity index (χ0n) is 19.4. The van der Waals surface area contributed by atoms with E-state index in [0.717, 1.165) is 33.5 Å². The second kappa shape index (κ2) is 8.25. The van der Waals surface area contributed by atoms with Crippen LogP contribution in [0.2, 0.25) is 0 Å². The fraction of sp³-hybridized carbons (Fsp3) is 0.214. The first-order valence-electron chi connectivity index (χ1n) is 11.3. The molecule has 0 saturated carbocycles. The third kappa shape index (κ3) is 4.10. The molecule has 0 N–H and O–H groups in total. The summed E-state index contributed by atoms with van der Waals surface area (Å²) in [6.07, 6.45) is 0. The minimum absolute atomic E-state index is 0.416. The molecule has 0 atom stereocenters. The number of benzene rings is 3. The molecule has 0 unspecified atom stereocenters. The van der Waals surface area contributed by atoms with Gasteiger partial charge in [-0.1, -0.05) is 84.9 Å². The Morgan fingerprint density at radius 2 is 1.12 bits per heavy atom. The van der Waals surface area contributed by atoms with Crippen molar-refractivity contribution in [3.8, 4) is 33.9 Å². The summed E-state index contributed by atoms with van der Waals surface area (Å²) in [6, 6.07) is 30.5. The Labute approximate surface area is 195 Å². The van der Waals surface area contributed by atoms with Crippen LogP contribution in [0.25, 0.3) is 33.9 Å². The molecule has 4 aromatic rings. The van der Waals surface area contributed by atoms with Crippen LogP contribution < -0.4 is 5.46 Å². The molecule has 164 valence electrons. The summed E-state index contributed by atoms with van der Waals surface area (Å²) < 4.78 is 12.8. The zero-order valence-corrected chi connectivity index (χ0v) is 19.4. The normalized spacial score (nSPS) is 16.7. The molecule has 0 radical (unpaired) electrons. The van der Waals surface area contributed by atoms with Gasteiger partial charge in [-0.2, -0.15) is 0 Å². The van der Waals surface area contributed by atoms with Gasteiger partial charge in [0.05, 0.1) is 22.6 Å². The van der Waals surface area contributed by atoms with Crippen molar-refractivity contribution >= 4 is 12.6 Å². The van der Waals surface area contributed by atoms with Crippen molar-refractivity contribution in [3.05, 3.63) is 91.0 Å². The number of hydrogen-bond donors (Lipinski definition) is 0. The SMILES string of the molecule is CC1(C)OB(c2ccccc2-c2cc(-c3ccccc3)nc(-c3ccccc3)n2)OC1(C)C. The molecule has 0 amide bonds. The summed E-state index contributed by atoms with van der Waals surface area (Å²) in [5.74, 6) is 0.690. The minimum atomic E-state index is -0.471. The molecular formula is C28H27BN2O2. The van der Waals surface area contributed by atoms with Crippen LogP contribution in [0.15, 0.2) is 91.0 Å².